The van der Waals surface area contributed by atoms with Crippen molar-refractivity contribution in [1.82, 2.24) is 5.08 Å². The lowest BCUT2D eigenvalue weighted by Gasteiger charge is -1.89. The Kier molecular flexibility index (Phi) is 0.507. The van der Waals surface area contributed by atoms with Crippen LogP contribution < -0.4 is 0 Å². The summed E-state index contributed by atoms with van der Waals surface area (Å²) in [6.07, 6.45) is 0. The van der Waals surface area contributed by atoms with Crippen LogP contribution in [0.25, 0.3) is 0 Å². The van der Waals surface area contributed by atoms with Crippen LogP contribution in [0.5, 0.6) is 0 Å². The second-order valence-corrected chi connectivity index (χ2v) is 1.00. The van der Waals surface area contributed by atoms with Crippen LogP contribution in [0.2, 0.25) is 0 Å². The van der Waals surface area contributed by atoms with E-state index in [1.165, 1.54) is 0 Å². The fourth-order valence-electron chi connectivity index (χ4n) is 0.134. The molecule has 1 aromatic rings. The van der Waals surface area contributed by atoms with Crippen LogP contribution in [0.4, 0.5) is 0 Å². The summed E-state index contributed by atoms with van der Waals surface area (Å²) >= 11 is 4.21. The van der Waals surface area contributed by atoms with Crippen LogP contribution in [0, 0.1) is 4.90 Å². The molecular weight excluding hydrogens is 106 g/mol. The maximum absolute atomic E-state index is 7.92. The van der Waals surface area contributed by atoms with E-state index in [0.29, 0.717) is 0 Å². The first-order valence-electron chi connectivity index (χ1n) is 1.18. The molecule has 6 heavy (non-hydrogen) atoms. The van der Waals surface area contributed by atoms with Gasteiger partial charge in [-0.3, -0.25) is 9.05 Å². The van der Waals surface area contributed by atoms with Crippen LogP contribution in [0.3, 0.4) is 0 Å². The third-order valence-electron chi connectivity index (χ3n) is 0.305. The molecule has 0 bridgehead atoms. The first kappa shape index (κ1) is 3.48. The quantitative estimate of drug-likeness (QED) is 0.390. The number of aromatic nitrogens is 1. The van der Waals surface area contributed by atoms with Gasteiger partial charge in [-0.25, -0.2) is 0 Å². The van der Waals surface area contributed by atoms with Crippen molar-refractivity contribution in [2.45, 2.75) is 0 Å². The molecule has 0 amide bonds. The standard InChI is InChI=1S/CHNO3S/c3-2-4-1(6)5-2/h3H. The van der Waals surface area contributed by atoms with E-state index in [9.17, 15) is 0 Å². The molecule has 0 aliphatic heterocycles. The summed E-state index contributed by atoms with van der Waals surface area (Å²) in [4.78, 5) is -0.0579. The first-order valence-corrected chi connectivity index (χ1v) is 1.59. The molecule has 1 rings (SSSR count). The molecule has 0 radical (unpaired) electrons. The van der Waals surface area contributed by atoms with E-state index < -0.39 is 0 Å². The molecule has 0 aromatic carbocycles. The van der Waals surface area contributed by atoms with E-state index in [2.05, 4.69) is 21.3 Å². The van der Waals surface area contributed by atoms with Gasteiger partial charge in [-0.05, 0) is 0 Å². The molecule has 0 aliphatic carbocycles. The van der Waals surface area contributed by atoms with Crippen molar-refractivity contribution in [3.05, 3.63) is 4.90 Å². The van der Waals surface area contributed by atoms with Crippen LogP contribution in [-0.2, 0) is 0 Å². The van der Waals surface area contributed by atoms with Crippen LogP contribution >= 0.6 is 12.2 Å². The Morgan fingerprint density at radius 3 is 2.17 bits per heavy atom. The predicted molar refractivity (Wildman–Crippen MR) is 17.0 cm³/mol. The minimum atomic E-state index is -0.0579. The molecule has 0 unspecified atom stereocenters. The van der Waals surface area contributed by atoms with Gasteiger partial charge in [-0.15, -0.1) is 0 Å². The molecule has 0 aliphatic rings. The molecule has 0 saturated heterocycles. The highest BCUT2D eigenvalue weighted by Crippen LogP contribution is 1.88. The zero-order valence-electron chi connectivity index (χ0n) is 2.62. The fourth-order valence-corrected chi connectivity index (χ4v) is 0.262. The summed E-state index contributed by atoms with van der Waals surface area (Å²) in [5.74, 6) is 0. The molecule has 0 saturated carbocycles. The summed E-state index contributed by atoms with van der Waals surface area (Å²) < 4.78 is 8.07. The highest BCUT2D eigenvalue weighted by molar-refractivity contribution is 7.71. The second kappa shape index (κ2) is 0.874. The molecule has 0 atom stereocenters. The van der Waals surface area contributed by atoms with Gasteiger partial charge in [0.25, 0.3) is 0 Å². The third-order valence-corrected chi connectivity index (χ3v) is 0.454. The van der Waals surface area contributed by atoms with Crippen molar-refractivity contribution in [3.8, 4) is 0 Å². The van der Waals surface area contributed by atoms with Gasteiger partial charge in [0.15, 0.2) is 0 Å². The first-order chi connectivity index (χ1) is 2.79. The minimum absolute atomic E-state index is 0.0579. The zero-order chi connectivity index (χ0) is 4.57. The molecular formula is CHNO3S. The maximum Gasteiger partial charge on any atom is 0.415 e. The summed E-state index contributed by atoms with van der Waals surface area (Å²) in [5, 5.41) is 8.10. The number of rotatable bonds is 0. The fraction of sp³-hybridized carbons (Fsp3) is 0. The van der Waals surface area contributed by atoms with Gasteiger partial charge in [0.1, 0.15) is 5.08 Å². The Labute approximate surface area is 37.5 Å². The lowest BCUT2D eigenvalue weighted by atomic mass is 11.6. The number of hydrogen-bond donors (Lipinski definition) is 1. The van der Waals surface area contributed by atoms with Crippen LogP contribution in [-0.4, -0.2) is 10.3 Å². The summed E-state index contributed by atoms with van der Waals surface area (Å²) in [6, 6.07) is 0. The van der Waals surface area contributed by atoms with Crippen molar-refractivity contribution >= 4 is 12.2 Å². The van der Waals surface area contributed by atoms with Gasteiger partial charge in [0.2, 0.25) is 0 Å². The second-order valence-electron chi connectivity index (χ2n) is 0.670. The van der Waals surface area contributed by atoms with E-state index >= 15 is 0 Å². The number of hydrogen-bond acceptors (Lipinski definition) is 4. The minimum Gasteiger partial charge on any atom is -0.372 e. The zero-order valence-corrected chi connectivity index (χ0v) is 3.44. The average Bonchev–Trinajstić information content (AvgIpc) is 1.33. The van der Waals surface area contributed by atoms with Crippen LogP contribution in [0.15, 0.2) is 9.05 Å². The van der Waals surface area contributed by atoms with Crippen molar-refractivity contribution in [2.24, 2.45) is 0 Å². The van der Waals surface area contributed by atoms with Gasteiger partial charge in [0.05, 0.1) is 0 Å². The van der Waals surface area contributed by atoms with E-state index in [1.54, 1.807) is 0 Å². The van der Waals surface area contributed by atoms with Gasteiger partial charge >= 0.3 is 4.90 Å². The Bertz CT molecular complexity index is 155. The summed E-state index contributed by atoms with van der Waals surface area (Å²) in [7, 11) is 0. The van der Waals surface area contributed by atoms with E-state index in [-0.39, 0.29) is 9.98 Å². The molecule has 1 heterocycles. The lowest BCUT2D eigenvalue weighted by Crippen LogP contribution is -1.92. The molecule has 1 aromatic heterocycles. The molecule has 4 nitrogen and oxygen atoms in total. The molecule has 34 valence electrons. The molecule has 1 N–H and O–H groups in total. The van der Waals surface area contributed by atoms with E-state index in [0.717, 1.165) is 0 Å². The van der Waals surface area contributed by atoms with Gasteiger partial charge < -0.3 is 5.21 Å². The van der Waals surface area contributed by atoms with E-state index in [1.807, 2.05) is 0 Å². The Morgan fingerprint density at radius 1 is 1.67 bits per heavy atom. The largest absolute Gasteiger partial charge is 0.415 e. The highest BCUT2D eigenvalue weighted by Gasteiger charge is 1.88. The third kappa shape index (κ3) is 0.325. The monoisotopic (exact) mass is 107 g/mol. The molecule has 5 heteroatoms. The highest BCUT2D eigenvalue weighted by atomic mass is 32.1. The van der Waals surface area contributed by atoms with Crippen LogP contribution in [0.1, 0.15) is 0 Å². The van der Waals surface area contributed by atoms with Crippen molar-refractivity contribution in [3.63, 3.8) is 0 Å². The van der Waals surface area contributed by atoms with Gasteiger partial charge in [0, 0.05) is 12.2 Å². The SMILES string of the molecule is On1oc(=S)o1. The Hall–Kier alpha value is -0.710. The Balaban J connectivity index is 3.06. The lowest BCUT2D eigenvalue weighted by molar-refractivity contribution is -0.220. The van der Waals surface area contributed by atoms with Crippen molar-refractivity contribution in [2.75, 3.05) is 0 Å². The molecule has 0 fully saturated rings. The number of nitrogens with zero attached hydrogens (tertiary/aromatic N) is 1. The summed E-state index contributed by atoms with van der Waals surface area (Å²) in [6.45, 7) is 0. The smallest absolute Gasteiger partial charge is 0.372 e. The topological polar surface area (TPSA) is 51.4 Å². The van der Waals surface area contributed by atoms with E-state index in [4.69, 9.17) is 5.21 Å². The van der Waals surface area contributed by atoms with Crippen molar-refractivity contribution < 1.29 is 14.3 Å². The summed E-state index contributed by atoms with van der Waals surface area (Å²) in [5.41, 5.74) is 0. The van der Waals surface area contributed by atoms with Crippen molar-refractivity contribution in [1.29, 1.82) is 0 Å². The van der Waals surface area contributed by atoms with Gasteiger partial charge in [-0.2, -0.15) is 0 Å². The Morgan fingerprint density at radius 2 is 2.17 bits per heavy atom. The normalized spacial score (nSPS) is 9.33. The predicted octanol–water partition coefficient (Wildman–Crippen LogP) is 0.641. The average molecular weight is 107 g/mol. The molecule has 0 spiro atoms. The van der Waals surface area contributed by atoms with Gasteiger partial charge in [-0.1, -0.05) is 0 Å². The maximum atomic E-state index is 7.92.